The Bertz CT molecular complexity index is 7910. The van der Waals surface area contributed by atoms with E-state index in [0.717, 1.165) is 50.0 Å². The molecule has 1 radical (unpaired) electrons. The van der Waals surface area contributed by atoms with Gasteiger partial charge in [-0.05, 0) is 266 Å². The fourth-order valence-electron chi connectivity index (χ4n) is 19.9. The van der Waals surface area contributed by atoms with E-state index in [1.54, 1.807) is 0 Å². The first kappa shape index (κ1) is 78.5. The number of rotatable bonds is 15. The Kier molecular flexibility index (Phi) is 20.0. The van der Waals surface area contributed by atoms with Crippen LogP contribution in [0.4, 0.5) is 34.1 Å². The summed E-state index contributed by atoms with van der Waals surface area (Å²) < 4.78 is 15.7. The topological polar surface area (TPSA) is 55.7 Å². The lowest BCUT2D eigenvalue weighted by molar-refractivity contribution is 0.454. The molecule has 18 aromatic carbocycles. The fourth-order valence-corrected chi connectivity index (χ4v) is 20.3. The molecular formula is C118H87BBrN6O2. The Morgan fingerprint density at radius 3 is 1.01 bits per heavy atom. The van der Waals surface area contributed by atoms with E-state index in [1.165, 1.54) is 155 Å². The number of hydrogen-bond donors (Lipinski definition) is 1. The molecule has 0 bridgehead atoms. The zero-order chi connectivity index (χ0) is 86.1. The maximum atomic E-state index is 9.03. The predicted molar refractivity (Wildman–Crippen MR) is 539 cm³/mol. The molecule has 0 fully saturated rings. The van der Waals surface area contributed by atoms with Crippen molar-refractivity contribution in [1.29, 1.82) is 0 Å². The van der Waals surface area contributed by atoms with E-state index in [0.29, 0.717) is 13.4 Å². The van der Waals surface area contributed by atoms with E-state index >= 15 is 0 Å². The van der Waals surface area contributed by atoms with Gasteiger partial charge in [0.15, 0.2) is 0 Å². The quantitative estimate of drug-likeness (QED) is 0.104. The van der Waals surface area contributed by atoms with E-state index < -0.39 is 0 Å². The number of hydrogen-bond acceptors (Lipinski definition) is 4. The van der Waals surface area contributed by atoms with Crippen molar-refractivity contribution in [3.8, 4) is 84.1 Å². The molecule has 1 N–H and O–H groups in total. The molecule has 2 aliphatic rings. The highest BCUT2D eigenvalue weighted by Crippen LogP contribution is 2.54. The molecule has 24 rings (SSSR count). The van der Waals surface area contributed by atoms with Crippen LogP contribution in [0.25, 0.3) is 144 Å². The van der Waals surface area contributed by atoms with E-state index in [1.807, 2.05) is 30.3 Å². The van der Waals surface area contributed by atoms with Crippen molar-refractivity contribution in [1.82, 2.24) is 18.3 Å². The van der Waals surface area contributed by atoms with E-state index in [-0.39, 0.29) is 10.8 Å². The number of aromatic nitrogens is 4. The second-order valence-electron chi connectivity index (χ2n) is 34.1. The average Bonchev–Trinajstić information content (AvgIpc) is 1.31. The number of nitrogens with zero attached hydrogens (tertiary/aromatic N) is 6. The number of fused-ring (bicyclic) bond motifs is 16. The van der Waals surface area contributed by atoms with Crippen LogP contribution in [-0.4, -0.2) is 31.0 Å². The lowest BCUT2D eigenvalue weighted by Gasteiger charge is -2.28. The van der Waals surface area contributed by atoms with Crippen LogP contribution in [0.2, 0.25) is 0 Å². The molecule has 8 nitrogen and oxygen atoms in total. The molecule has 0 unspecified atom stereocenters. The zero-order valence-corrected chi connectivity index (χ0v) is 72.8. The maximum Gasteiger partial charge on any atom is 0.569 e. The molecule has 0 spiro atoms. The van der Waals surface area contributed by atoms with E-state index in [9.17, 15) is 0 Å². The average molecular weight is 1710 g/mol. The molecule has 22 aromatic rings. The molecule has 10 heteroatoms. The van der Waals surface area contributed by atoms with Crippen LogP contribution in [0.15, 0.2) is 454 Å². The van der Waals surface area contributed by atoms with Crippen LogP contribution >= 0.6 is 15.9 Å². The summed E-state index contributed by atoms with van der Waals surface area (Å²) in [4.78, 5) is 4.67. The summed E-state index contributed by atoms with van der Waals surface area (Å²) in [6.45, 7) is 9.32. The largest absolute Gasteiger partial charge is 0.569 e. The van der Waals surface area contributed by atoms with Gasteiger partial charge in [0, 0.05) is 117 Å². The zero-order valence-electron chi connectivity index (χ0n) is 71.2. The Balaban J connectivity index is 0.000000124. The third-order valence-corrected chi connectivity index (χ3v) is 26.6. The highest BCUT2D eigenvalue weighted by molar-refractivity contribution is 9.10. The Hall–Kier alpha value is -15.5. The van der Waals surface area contributed by atoms with Crippen LogP contribution in [-0.2, 0) is 10.8 Å². The van der Waals surface area contributed by atoms with Crippen molar-refractivity contribution in [2.75, 3.05) is 9.80 Å². The summed E-state index contributed by atoms with van der Waals surface area (Å²) in [6, 6.07) is 157. The smallest absolute Gasteiger partial charge is 0.537 e. The van der Waals surface area contributed by atoms with Crippen LogP contribution in [0, 0.1) is 0 Å². The van der Waals surface area contributed by atoms with Crippen LogP contribution < -0.4 is 14.5 Å². The van der Waals surface area contributed by atoms with Gasteiger partial charge in [0.2, 0.25) is 0 Å². The van der Waals surface area contributed by atoms with Crippen molar-refractivity contribution in [3.05, 3.63) is 476 Å². The lowest BCUT2D eigenvalue weighted by Crippen LogP contribution is -2.16. The first-order valence-corrected chi connectivity index (χ1v) is 44.4. The molecule has 0 saturated heterocycles. The molecule has 128 heavy (non-hydrogen) atoms. The SMILES string of the molecule is Brc1ccc2c(c1)c1c3c(ccc1n2-c1ccccc1)ccn3-c1ccccc1.CC1(C)c2ccccc2-c2ccc(N(c3ccc(-c4ccccc4)cc3)c3ccc(-c4ccc5c(c4)c4c6c(ccc4n5-c4ccccc4)ccn6-c4ccccc4)cc3)cc21.CC1(C)c2ccccc2-c2ccc(N(c3ccc(O[B]O)cc3)c3ccc(-c4ccccc4)cc3)cc21. The molecule has 4 aromatic heterocycles. The van der Waals surface area contributed by atoms with Crippen molar-refractivity contribution in [3.63, 3.8) is 0 Å². The molecular weight excluding hydrogens is 1620 g/mol. The highest BCUT2D eigenvalue weighted by Gasteiger charge is 2.38. The van der Waals surface area contributed by atoms with Crippen LogP contribution in [0.5, 0.6) is 5.75 Å². The van der Waals surface area contributed by atoms with Gasteiger partial charge in [0.1, 0.15) is 5.75 Å². The summed E-state index contributed by atoms with van der Waals surface area (Å²) in [5.41, 5.74) is 36.1. The van der Waals surface area contributed by atoms with E-state index in [2.05, 4.69) is 491 Å². The second-order valence-corrected chi connectivity index (χ2v) is 35.1. The van der Waals surface area contributed by atoms with Gasteiger partial charge >= 0.3 is 7.69 Å². The first-order valence-electron chi connectivity index (χ1n) is 43.7. The number of benzene rings is 18. The van der Waals surface area contributed by atoms with Crippen molar-refractivity contribution in [2.45, 2.75) is 38.5 Å². The summed E-state index contributed by atoms with van der Waals surface area (Å²) in [5.74, 6) is 0.580. The van der Waals surface area contributed by atoms with Gasteiger partial charge in [-0.2, -0.15) is 0 Å². The first-order chi connectivity index (χ1) is 62.9. The fraction of sp³-hybridized carbons (Fsp3) is 0.0508. The molecule has 611 valence electrons. The summed E-state index contributed by atoms with van der Waals surface area (Å²) in [5, 5.41) is 16.5. The van der Waals surface area contributed by atoms with Crippen LogP contribution in [0.3, 0.4) is 0 Å². The summed E-state index contributed by atoms with van der Waals surface area (Å²) >= 11 is 3.69. The summed E-state index contributed by atoms with van der Waals surface area (Å²) in [7, 11) is 0.704. The van der Waals surface area contributed by atoms with Gasteiger partial charge in [0.05, 0.1) is 33.1 Å². The molecule has 0 amide bonds. The highest BCUT2D eigenvalue weighted by atomic mass is 79.9. The van der Waals surface area contributed by atoms with Crippen molar-refractivity contribution in [2.24, 2.45) is 0 Å². The third kappa shape index (κ3) is 13.8. The van der Waals surface area contributed by atoms with Gasteiger partial charge in [-0.3, -0.25) is 0 Å². The number of halogens is 1. The predicted octanol–water partition coefficient (Wildman–Crippen LogP) is 31.4. The van der Waals surface area contributed by atoms with Gasteiger partial charge in [-0.1, -0.05) is 292 Å². The third-order valence-electron chi connectivity index (χ3n) is 26.1. The summed E-state index contributed by atoms with van der Waals surface area (Å²) in [6.07, 6.45) is 4.37. The normalized spacial score (nSPS) is 12.6. The van der Waals surface area contributed by atoms with Crippen molar-refractivity contribution >= 4 is 123 Å². The van der Waals surface area contributed by atoms with Gasteiger partial charge in [-0.15, -0.1) is 0 Å². The monoisotopic (exact) mass is 1710 g/mol. The maximum absolute atomic E-state index is 9.03. The second kappa shape index (κ2) is 32.6. The number of anilines is 6. The minimum absolute atomic E-state index is 0.0839. The molecule has 4 heterocycles. The van der Waals surface area contributed by atoms with Gasteiger partial charge in [-0.25, -0.2) is 0 Å². The Morgan fingerprint density at radius 1 is 0.273 bits per heavy atom. The van der Waals surface area contributed by atoms with E-state index in [4.69, 9.17) is 9.68 Å². The van der Waals surface area contributed by atoms with Crippen molar-refractivity contribution < 1.29 is 9.68 Å². The van der Waals surface area contributed by atoms with Gasteiger partial charge in [0.25, 0.3) is 0 Å². The molecule has 0 aliphatic heterocycles. The molecule has 0 saturated carbocycles. The Labute approximate surface area is 754 Å². The number of para-hydroxylation sites is 4. The lowest BCUT2D eigenvalue weighted by atomic mass is 9.82. The van der Waals surface area contributed by atoms with Gasteiger partial charge < -0.3 is 37.7 Å². The molecule has 0 atom stereocenters. The standard InChI is InChI=1S/C59H43N3.C33H27BNO2.C26H17BrN2/c1-59(2)53-21-13-12-20-50(53)51-33-32-49(39-54(51)59)61(47-28-22-41(23-29-47)40-14-6-3-7-15-40)48-30-24-42(25-31-48)44-27-34-55-52(38-44)57-56(62(55)46-18-10-5-11-19-46)35-26-43-36-37-60(58(43)57)45-16-8-4-9-17-45;1-33(2)31-11-7-6-10-29(31)30-21-18-27(22-32(30)33)35(26-16-19-28(20-17-26)37-34-36)25-14-12-24(13-15-25)23-8-4-3-5-9-23;27-19-12-14-23-22(17-19)25-24(29(23)21-9-5-2-6-10-21)13-11-18-15-16-28(26(18)25)20-7-3-1-4-8-20/h3-39H,1-2H3;3-22,36H,1-2H3;1-17H. The minimum atomic E-state index is -0.106. The minimum Gasteiger partial charge on any atom is -0.537 e. The molecule has 2 aliphatic carbocycles. The Morgan fingerprint density at radius 2 is 0.594 bits per heavy atom. The van der Waals surface area contributed by atoms with Crippen LogP contribution in [0.1, 0.15) is 49.9 Å².